The number of allylic oxidation sites excluding steroid dienone is 2. The number of phenols is 1. The lowest BCUT2D eigenvalue weighted by Crippen LogP contribution is -2.13. The van der Waals surface area contributed by atoms with Crippen molar-refractivity contribution in [2.24, 2.45) is 0 Å². The van der Waals surface area contributed by atoms with Crippen molar-refractivity contribution in [2.45, 2.75) is 40.0 Å². The number of nitrogens with one attached hydrogen (secondary N) is 1. The van der Waals surface area contributed by atoms with Gasteiger partial charge in [-0.3, -0.25) is 9.59 Å². The van der Waals surface area contributed by atoms with Crippen molar-refractivity contribution in [3.63, 3.8) is 0 Å². The van der Waals surface area contributed by atoms with E-state index in [0.717, 1.165) is 16.7 Å². The number of phenolic OH excluding ortho intramolecular Hbond substituents is 1. The molecule has 176 valence electrons. The number of benzene rings is 2. The highest BCUT2D eigenvalue weighted by atomic mass is 16.5. The van der Waals surface area contributed by atoms with Gasteiger partial charge < -0.3 is 25.0 Å². The van der Waals surface area contributed by atoms with Gasteiger partial charge in [0.1, 0.15) is 17.2 Å². The van der Waals surface area contributed by atoms with E-state index in [1.807, 2.05) is 39.0 Å². The fourth-order valence-electron chi connectivity index (χ4n) is 3.14. The third-order valence-electron chi connectivity index (χ3n) is 4.76. The summed E-state index contributed by atoms with van der Waals surface area (Å²) in [5.41, 5.74) is 4.28. The maximum Gasteiger partial charge on any atom is 0.303 e. The van der Waals surface area contributed by atoms with Crippen molar-refractivity contribution in [3.05, 3.63) is 58.7 Å². The van der Waals surface area contributed by atoms with Gasteiger partial charge in [0, 0.05) is 18.1 Å². The Morgan fingerprint density at radius 3 is 2.45 bits per heavy atom. The predicted molar refractivity (Wildman–Crippen MR) is 130 cm³/mol. The summed E-state index contributed by atoms with van der Waals surface area (Å²) >= 11 is 0. The van der Waals surface area contributed by atoms with Crippen LogP contribution in [0.2, 0.25) is 0 Å². The molecule has 3 N–H and O–H groups in total. The summed E-state index contributed by atoms with van der Waals surface area (Å²) in [6.45, 7) is 6.46. The number of ether oxygens (including phenoxy) is 2. The van der Waals surface area contributed by atoms with Gasteiger partial charge in [0.2, 0.25) is 5.91 Å². The van der Waals surface area contributed by atoms with Crippen molar-refractivity contribution in [2.75, 3.05) is 19.0 Å². The Kier molecular flexibility index (Phi) is 9.54. The van der Waals surface area contributed by atoms with E-state index in [0.29, 0.717) is 30.2 Å². The lowest BCUT2D eigenvalue weighted by molar-refractivity contribution is -0.138. The molecule has 2 rings (SSSR count). The molecule has 1 amide bonds. The molecule has 0 saturated carbocycles. The molecule has 0 aliphatic rings. The third-order valence-corrected chi connectivity index (χ3v) is 4.76. The topological polar surface area (TPSA) is 105 Å². The van der Waals surface area contributed by atoms with Crippen LogP contribution >= 0.6 is 0 Å². The van der Waals surface area contributed by atoms with Crippen LogP contribution in [0.15, 0.2) is 42.0 Å². The van der Waals surface area contributed by atoms with Gasteiger partial charge in [-0.15, -0.1) is 0 Å². The number of methoxy groups -OCH3 is 1. The van der Waals surface area contributed by atoms with E-state index in [1.54, 1.807) is 24.3 Å². The maximum atomic E-state index is 12.0. The molecule has 0 fully saturated rings. The molecule has 0 atom stereocenters. The number of hydrogen-bond donors (Lipinski definition) is 3. The Morgan fingerprint density at radius 2 is 1.82 bits per heavy atom. The van der Waals surface area contributed by atoms with Crippen LogP contribution in [0.25, 0.3) is 12.2 Å². The molecule has 7 nitrogen and oxygen atoms in total. The van der Waals surface area contributed by atoms with Crippen LogP contribution in [-0.2, 0) is 16.0 Å². The molecular weight excluding hydrogens is 422 g/mol. The van der Waals surface area contributed by atoms with Gasteiger partial charge in [-0.05, 0) is 56.5 Å². The van der Waals surface area contributed by atoms with E-state index in [1.165, 1.54) is 12.7 Å². The standard InChI is InChI=1S/C26H31NO6/c1-5-33-23-16-20(28)15-19(21(23)10-6-17(2)3)9-7-18-8-11-22(24(14-18)32-4)27-25(29)12-13-26(30)31/h6-9,11,14-16,28H,5,10,12-13H2,1-4H3,(H,27,29)(H,30,31)/b9-7+. The lowest BCUT2D eigenvalue weighted by atomic mass is 10.00. The molecule has 2 aromatic carbocycles. The minimum atomic E-state index is -1.03. The summed E-state index contributed by atoms with van der Waals surface area (Å²) in [6.07, 6.45) is 6.21. The third kappa shape index (κ3) is 8.03. The highest BCUT2D eigenvalue weighted by Crippen LogP contribution is 2.32. The molecule has 0 aromatic heterocycles. The van der Waals surface area contributed by atoms with Gasteiger partial charge in [0.25, 0.3) is 0 Å². The van der Waals surface area contributed by atoms with Gasteiger partial charge in [0.15, 0.2) is 0 Å². The number of rotatable bonds is 11. The molecule has 0 radical (unpaired) electrons. The van der Waals surface area contributed by atoms with Crippen molar-refractivity contribution in [1.29, 1.82) is 0 Å². The number of anilines is 1. The summed E-state index contributed by atoms with van der Waals surface area (Å²) in [4.78, 5) is 22.6. The van der Waals surface area contributed by atoms with Gasteiger partial charge in [-0.25, -0.2) is 0 Å². The minimum absolute atomic E-state index is 0.117. The Hall–Kier alpha value is -3.74. The average Bonchev–Trinajstić information content (AvgIpc) is 2.76. The van der Waals surface area contributed by atoms with Crippen LogP contribution in [0.1, 0.15) is 50.3 Å². The molecule has 7 heteroatoms. The second kappa shape index (κ2) is 12.3. The van der Waals surface area contributed by atoms with Crippen LogP contribution in [0.5, 0.6) is 17.2 Å². The number of hydrogen-bond acceptors (Lipinski definition) is 5. The highest BCUT2D eigenvalue weighted by Gasteiger charge is 2.12. The molecule has 0 saturated heterocycles. The van der Waals surface area contributed by atoms with E-state index < -0.39 is 11.9 Å². The largest absolute Gasteiger partial charge is 0.508 e. The number of carbonyl (C=O) groups excluding carboxylic acids is 1. The van der Waals surface area contributed by atoms with Gasteiger partial charge in [-0.1, -0.05) is 29.9 Å². The first-order valence-corrected chi connectivity index (χ1v) is 10.7. The summed E-state index contributed by atoms with van der Waals surface area (Å²) in [6, 6.07) is 8.61. The lowest BCUT2D eigenvalue weighted by Gasteiger charge is -2.13. The van der Waals surface area contributed by atoms with E-state index >= 15 is 0 Å². The van der Waals surface area contributed by atoms with Gasteiger partial charge in [0.05, 0.1) is 25.8 Å². The molecule has 33 heavy (non-hydrogen) atoms. The SMILES string of the molecule is CCOc1cc(O)cc(/C=C/c2ccc(NC(=O)CCC(=O)O)c(OC)c2)c1CC=C(C)C. The van der Waals surface area contributed by atoms with Crippen LogP contribution in [0.3, 0.4) is 0 Å². The Bertz CT molecular complexity index is 1050. The second-order valence-corrected chi connectivity index (χ2v) is 7.67. The number of carboxylic acids is 1. The molecule has 0 spiro atoms. The Balaban J connectivity index is 2.32. The minimum Gasteiger partial charge on any atom is -0.508 e. The predicted octanol–water partition coefficient (Wildman–Crippen LogP) is 5.28. The van der Waals surface area contributed by atoms with Crippen LogP contribution in [0.4, 0.5) is 5.69 Å². The molecule has 0 heterocycles. The zero-order valence-corrected chi connectivity index (χ0v) is 19.5. The van der Waals surface area contributed by atoms with E-state index in [4.69, 9.17) is 14.6 Å². The zero-order chi connectivity index (χ0) is 24.4. The first kappa shape index (κ1) is 25.5. The van der Waals surface area contributed by atoms with Crippen LogP contribution < -0.4 is 14.8 Å². The summed E-state index contributed by atoms with van der Waals surface area (Å²) < 4.78 is 11.1. The monoisotopic (exact) mass is 453 g/mol. The average molecular weight is 454 g/mol. The summed E-state index contributed by atoms with van der Waals surface area (Å²) in [7, 11) is 1.50. The highest BCUT2D eigenvalue weighted by molar-refractivity contribution is 5.94. The van der Waals surface area contributed by atoms with Crippen LogP contribution in [0, 0.1) is 0 Å². The first-order chi connectivity index (χ1) is 15.7. The van der Waals surface area contributed by atoms with E-state index in [9.17, 15) is 14.7 Å². The fourth-order valence-corrected chi connectivity index (χ4v) is 3.14. The number of aromatic hydroxyl groups is 1. The van der Waals surface area contributed by atoms with Gasteiger partial charge >= 0.3 is 5.97 Å². The van der Waals surface area contributed by atoms with E-state index in [-0.39, 0.29) is 18.6 Å². The van der Waals surface area contributed by atoms with Crippen LogP contribution in [-0.4, -0.2) is 35.8 Å². The second-order valence-electron chi connectivity index (χ2n) is 7.67. The normalized spacial score (nSPS) is 10.7. The fraction of sp³-hybridized carbons (Fsp3) is 0.308. The number of aliphatic carboxylic acids is 1. The summed E-state index contributed by atoms with van der Waals surface area (Å²) in [5, 5.41) is 21.6. The molecule has 0 aliphatic carbocycles. The number of carboxylic acid groups (broad SMARTS) is 1. The molecular formula is C26H31NO6. The summed E-state index contributed by atoms with van der Waals surface area (Å²) in [5.74, 6) is -0.202. The van der Waals surface area contributed by atoms with Crippen molar-refractivity contribution < 1.29 is 29.3 Å². The van der Waals surface area contributed by atoms with E-state index in [2.05, 4.69) is 11.4 Å². The number of carbonyl (C=O) groups is 2. The quantitative estimate of drug-likeness (QED) is 0.316. The van der Waals surface area contributed by atoms with Crippen molar-refractivity contribution >= 4 is 29.7 Å². The van der Waals surface area contributed by atoms with Gasteiger partial charge in [-0.2, -0.15) is 0 Å². The first-order valence-electron chi connectivity index (χ1n) is 10.7. The molecule has 0 bridgehead atoms. The smallest absolute Gasteiger partial charge is 0.303 e. The molecule has 0 unspecified atom stereocenters. The maximum absolute atomic E-state index is 12.0. The number of amides is 1. The molecule has 2 aromatic rings. The van der Waals surface area contributed by atoms with Crippen molar-refractivity contribution in [3.8, 4) is 17.2 Å². The van der Waals surface area contributed by atoms with Crippen molar-refractivity contribution in [1.82, 2.24) is 0 Å². The molecule has 0 aliphatic heterocycles. The zero-order valence-electron chi connectivity index (χ0n) is 19.5. The Morgan fingerprint density at radius 1 is 1.06 bits per heavy atom. The Labute approximate surface area is 194 Å².